The monoisotopic (exact) mass is 420 g/mol. The molecule has 5 rings (SSSR count). The van der Waals surface area contributed by atoms with Crippen molar-refractivity contribution in [3.63, 3.8) is 0 Å². The lowest BCUT2D eigenvalue weighted by Crippen LogP contribution is -2.64. The Bertz CT molecular complexity index is 711. The highest BCUT2D eigenvalue weighted by molar-refractivity contribution is 5.66. The molecule has 5 N–H and O–H groups in total. The topological polar surface area (TPSA) is 122 Å². The molecule has 0 aromatic heterocycles. The van der Waals surface area contributed by atoms with Crippen LogP contribution < -0.4 is 10.9 Å². The minimum atomic E-state index is -0.720. The lowest BCUT2D eigenvalue weighted by molar-refractivity contribution is -0.187. The van der Waals surface area contributed by atoms with Crippen LogP contribution in [0.3, 0.4) is 0 Å². The zero-order valence-electron chi connectivity index (χ0n) is 18.7. The Morgan fingerprint density at radius 1 is 1.10 bits per heavy atom. The molecule has 1 saturated heterocycles. The summed E-state index contributed by atoms with van der Waals surface area (Å²) in [6.45, 7) is 6.94. The average molecular weight is 421 g/mol. The Kier molecular flexibility index (Phi) is 4.87. The van der Waals surface area contributed by atoms with Crippen LogP contribution in [0.4, 0.5) is 0 Å². The van der Waals surface area contributed by atoms with Gasteiger partial charge in [0.2, 0.25) is 0 Å². The van der Waals surface area contributed by atoms with Crippen LogP contribution in [0, 0.1) is 46.3 Å². The van der Waals surface area contributed by atoms with E-state index in [0.717, 1.165) is 44.9 Å². The molecule has 170 valence electrons. The van der Waals surface area contributed by atoms with E-state index in [9.17, 15) is 15.0 Å². The number of fused-ring (bicyclic) bond motifs is 6. The number of aliphatic hydroxyl groups is 2. The summed E-state index contributed by atoms with van der Waals surface area (Å²) in [6.07, 6.45) is 7.37. The van der Waals surface area contributed by atoms with Crippen molar-refractivity contribution in [1.29, 1.82) is 0 Å². The number of carboxylic acid groups (broad SMARTS) is 1. The van der Waals surface area contributed by atoms with Gasteiger partial charge < -0.3 is 15.3 Å². The first-order chi connectivity index (χ1) is 14.1. The Morgan fingerprint density at radius 2 is 1.83 bits per heavy atom. The predicted molar refractivity (Wildman–Crippen MR) is 113 cm³/mol. The van der Waals surface area contributed by atoms with Crippen LogP contribution in [0.1, 0.15) is 78.6 Å². The number of carbonyl (C=O) groups is 1. The van der Waals surface area contributed by atoms with E-state index in [4.69, 9.17) is 5.11 Å². The molecule has 6 heteroatoms. The predicted octanol–water partition coefficient (Wildman–Crippen LogP) is 2.89. The Morgan fingerprint density at radius 3 is 2.50 bits per heavy atom. The number of carboxylic acids is 1. The molecule has 0 unspecified atom stereocenters. The van der Waals surface area contributed by atoms with Gasteiger partial charge in [-0.05, 0) is 97.7 Å². The Balaban J connectivity index is 1.46. The average Bonchev–Trinajstić information content (AvgIpc) is 3.35. The van der Waals surface area contributed by atoms with Crippen molar-refractivity contribution in [2.24, 2.45) is 46.3 Å². The Labute approximate surface area is 180 Å². The van der Waals surface area contributed by atoms with E-state index >= 15 is 0 Å². The van der Waals surface area contributed by atoms with Crippen molar-refractivity contribution < 1.29 is 20.1 Å². The van der Waals surface area contributed by atoms with Gasteiger partial charge in [-0.2, -0.15) is 0 Å². The summed E-state index contributed by atoms with van der Waals surface area (Å²) >= 11 is 0. The molecule has 6 nitrogen and oxygen atoms in total. The second-order valence-electron chi connectivity index (χ2n) is 12.0. The first-order valence-corrected chi connectivity index (χ1v) is 12.2. The van der Waals surface area contributed by atoms with Gasteiger partial charge in [-0.1, -0.05) is 20.8 Å². The van der Waals surface area contributed by atoms with Crippen LogP contribution in [-0.4, -0.2) is 39.2 Å². The summed E-state index contributed by atoms with van der Waals surface area (Å²) in [5.74, 6) is 1.89. The van der Waals surface area contributed by atoms with Gasteiger partial charge in [-0.25, -0.2) is 10.9 Å². The van der Waals surface area contributed by atoms with Crippen molar-refractivity contribution in [2.75, 3.05) is 0 Å². The third-order valence-electron chi connectivity index (χ3n) is 10.9. The van der Waals surface area contributed by atoms with E-state index < -0.39 is 5.97 Å². The molecule has 5 fully saturated rings. The van der Waals surface area contributed by atoms with E-state index in [-0.39, 0.29) is 35.1 Å². The van der Waals surface area contributed by atoms with Gasteiger partial charge in [0.05, 0.1) is 17.9 Å². The van der Waals surface area contributed by atoms with Gasteiger partial charge in [0.25, 0.3) is 0 Å². The first kappa shape index (κ1) is 21.2. The van der Waals surface area contributed by atoms with E-state index in [1.54, 1.807) is 0 Å². The van der Waals surface area contributed by atoms with Gasteiger partial charge in [-0.15, -0.1) is 0 Å². The zero-order valence-corrected chi connectivity index (χ0v) is 18.7. The number of nitrogens with one attached hydrogen (secondary N) is 2. The maximum absolute atomic E-state index is 11.6. The fourth-order valence-corrected chi connectivity index (χ4v) is 9.13. The number of hydrogen-bond acceptors (Lipinski definition) is 5. The first-order valence-electron chi connectivity index (χ1n) is 12.2. The maximum Gasteiger partial charge on any atom is 0.303 e. The fraction of sp³-hybridized carbons (Fsp3) is 0.958. The van der Waals surface area contributed by atoms with Crippen LogP contribution in [0.5, 0.6) is 0 Å². The number of hydrazine groups is 1. The molecule has 0 aromatic rings. The highest BCUT2D eigenvalue weighted by atomic mass is 16.4. The van der Waals surface area contributed by atoms with Crippen molar-refractivity contribution in [3.05, 3.63) is 0 Å². The summed E-state index contributed by atoms with van der Waals surface area (Å²) in [5, 5.41) is 31.1. The van der Waals surface area contributed by atoms with Crippen molar-refractivity contribution in [2.45, 2.75) is 96.4 Å². The minimum absolute atomic E-state index is 0.0306. The van der Waals surface area contributed by atoms with Gasteiger partial charge in [0.15, 0.2) is 0 Å². The quantitative estimate of drug-likeness (QED) is 0.446. The molecule has 1 aliphatic heterocycles. The van der Waals surface area contributed by atoms with Gasteiger partial charge in [0, 0.05) is 6.42 Å². The second kappa shape index (κ2) is 6.90. The summed E-state index contributed by atoms with van der Waals surface area (Å²) in [4.78, 5) is 11.1. The molecule has 30 heavy (non-hydrogen) atoms. The Hall–Kier alpha value is -0.690. The molecule has 4 aliphatic carbocycles. The largest absolute Gasteiger partial charge is 0.481 e. The molecular weight excluding hydrogens is 380 g/mol. The van der Waals surface area contributed by atoms with Crippen molar-refractivity contribution in [1.82, 2.24) is 10.9 Å². The van der Waals surface area contributed by atoms with Crippen molar-refractivity contribution >= 4 is 5.97 Å². The normalized spacial score (nSPS) is 52.2. The summed E-state index contributed by atoms with van der Waals surface area (Å²) in [5.41, 5.74) is 7.12. The number of aliphatic carboxylic acids is 1. The van der Waals surface area contributed by atoms with Crippen LogP contribution >= 0.6 is 0 Å². The zero-order chi connectivity index (χ0) is 21.5. The third-order valence-corrected chi connectivity index (χ3v) is 10.9. The lowest BCUT2D eigenvalue weighted by Gasteiger charge is -2.64. The number of rotatable bonds is 4. The van der Waals surface area contributed by atoms with Crippen LogP contribution in [0.25, 0.3) is 0 Å². The van der Waals surface area contributed by atoms with Crippen LogP contribution in [0.15, 0.2) is 0 Å². The molecule has 1 heterocycles. The third kappa shape index (κ3) is 2.86. The van der Waals surface area contributed by atoms with Crippen LogP contribution in [0.2, 0.25) is 0 Å². The number of aliphatic hydroxyl groups excluding tert-OH is 2. The molecule has 4 saturated carbocycles. The molecule has 5 aliphatic rings. The molecule has 1 spiro atoms. The number of hydrogen-bond donors (Lipinski definition) is 5. The van der Waals surface area contributed by atoms with Crippen LogP contribution in [-0.2, 0) is 4.79 Å². The van der Waals surface area contributed by atoms with E-state index in [2.05, 4.69) is 31.6 Å². The molecule has 10 atom stereocenters. The molecule has 0 amide bonds. The smallest absolute Gasteiger partial charge is 0.303 e. The highest BCUT2D eigenvalue weighted by Crippen LogP contribution is 2.70. The van der Waals surface area contributed by atoms with E-state index in [1.807, 2.05) is 0 Å². The molecule has 0 bridgehead atoms. The standard InChI is InChI=1S/C24H40N2O4/c1-13(4-7-20(29)30)16-5-6-17-21-18(11-19(28)23(16,17)3)22(2)9-8-15(27)10-14(22)12-24(21)25-26-24/h13-19,21,25-28H,4-12H2,1-3H3,(H,29,30)/t13-,14-,15+,16+,17-,18-,19-,21-,22-,23+/m0/s1. The van der Waals surface area contributed by atoms with Crippen molar-refractivity contribution in [3.8, 4) is 0 Å². The summed E-state index contributed by atoms with van der Waals surface area (Å²) in [7, 11) is 0. The van der Waals surface area contributed by atoms with Gasteiger partial charge in [-0.3, -0.25) is 4.79 Å². The fourth-order valence-electron chi connectivity index (χ4n) is 9.13. The van der Waals surface area contributed by atoms with Gasteiger partial charge >= 0.3 is 5.97 Å². The lowest BCUT2D eigenvalue weighted by atomic mass is 9.42. The SMILES string of the molecule is C[C@@H](CCC(=O)O)[C@H]1CC[C@H]2[C@H]3[C@H](C[C@H](O)[C@]12C)[C@@]1(C)CC[C@@H](O)C[C@H]1CC31NN1. The van der Waals surface area contributed by atoms with E-state index in [0.29, 0.717) is 41.9 Å². The maximum atomic E-state index is 11.6. The summed E-state index contributed by atoms with van der Waals surface area (Å²) < 4.78 is 0. The van der Waals surface area contributed by atoms with E-state index in [1.165, 1.54) is 0 Å². The molecule has 0 radical (unpaired) electrons. The minimum Gasteiger partial charge on any atom is -0.481 e. The molecule has 0 aromatic carbocycles. The highest BCUT2D eigenvalue weighted by Gasteiger charge is 2.72. The molecular formula is C24H40N2O4. The second-order valence-corrected chi connectivity index (χ2v) is 12.0. The van der Waals surface area contributed by atoms with Gasteiger partial charge in [0.1, 0.15) is 0 Å². The summed E-state index contributed by atoms with van der Waals surface area (Å²) in [6, 6.07) is 0.